The van der Waals surface area contributed by atoms with Crippen LogP contribution in [0.25, 0.3) is 0 Å². The Hall–Kier alpha value is -2.14. The van der Waals surface area contributed by atoms with Gasteiger partial charge in [0.25, 0.3) is 5.91 Å². The van der Waals surface area contributed by atoms with E-state index < -0.39 is 9.84 Å². The maximum absolute atomic E-state index is 12.5. The molecule has 0 radical (unpaired) electrons. The SMILES string of the molecule is Cc1cc(C(C)(C)C)cc(C)c1CCNC(=O)c1ccccc1S(C)(=O)=O. The van der Waals surface area contributed by atoms with E-state index in [0.717, 1.165) is 6.26 Å². The Bertz CT molecular complexity index is 931. The number of sulfone groups is 1. The van der Waals surface area contributed by atoms with E-state index in [4.69, 9.17) is 0 Å². The first-order chi connectivity index (χ1) is 12.4. The van der Waals surface area contributed by atoms with Crippen LogP contribution < -0.4 is 5.32 Å². The van der Waals surface area contributed by atoms with Crippen LogP contribution in [-0.4, -0.2) is 27.1 Å². The fourth-order valence-electron chi connectivity index (χ4n) is 3.19. The lowest BCUT2D eigenvalue weighted by atomic mass is 9.83. The molecule has 0 aromatic heterocycles. The Balaban J connectivity index is 2.13. The average molecular weight is 388 g/mol. The molecule has 0 fully saturated rings. The maximum Gasteiger partial charge on any atom is 0.252 e. The maximum atomic E-state index is 12.5. The average Bonchev–Trinajstić information content (AvgIpc) is 2.55. The topological polar surface area (TPSA) is 63.2 Å². The van der Waals surface area contributed by atoms with Gasteiger partial charge in [0.1, 0.15) is 0 Å². The van der Waals surface area contributed by atoms with E-state index in [0.29, 0.717) is 13.0 Å². The van der Waals surface area contributed by atoms with Crippen molar-refractivity contribution in [3.8, 4) is 0 Å². The summed E-state index contributed by atoms with van der Waals surface area (Å²) in [6.07, 6.45) is 1.82. The van der Waals surface area contributed by atoms with E-state index in [1.54, 1.807) is 18.2 Å². The highest BCUT2D eigenvalue weighted by Gasteiger charge is 2.19. The van der Waals surface area contributed by atoms with Gasteiger partial charge in [-0.05, 0) is 60.1 Å². The molecule has 27 heavy (non-hydrogen) atoms. The van der Waals surface area contributed by atoms with Crippen LogP contribution in [0.1, 0.15) is 53.4 Å². The lowest BCUT2D eigenvalue weighted by Crippen LogP contribution is -2.27. The summed E-state index contributed by atoms with van der Waals surface area (Å²) in [5.74, 6) is -0.363. The summed E-state index contributed by atoms with van der Waals surface area (Å²) >= 11 is 0. The first-order valence-corrected chi connectivity index (χ1v) is 11.0. The van der Waals surface area contributed by atoms with Crippen molar-refractivity contribution in [3.05, 3.63) is 64.2 Å². The molecule has 5 heteroatoms. The Morgan fingerprint density at radius 1 is 1.04 bits per heavy atom. The summed E-state index contributed by atoms with van der Waals surface area (Å²) < 4.78 is 23.8. The van der Waals surface area contributed by atoms with E-state index in [-0.39, 0.29) is 21.8 Å². The molecule has 4 nitrogen and oxygen atoms in total. The van der Waals surface area contributed by atoms with Crippen molar-refractivity contribution in [2.24, 2.45) is 0 Å². The zero-order chi connectivity index (χ0) is 20.4. The molecule has 146 valence electrons. The molecule has 0 saturated carbocycles. The molecule has 0 bridgehead atoms. The minimum Gasteiger partial charge on any atom is -0.352 e. The molecule has 2 aromatic carbocycles. The number of hydrogen-bond acceptors (Lipinski definition) is 3. The molecule has 1 amide bonds. The largest absolute Gasteiger partial charge is 0.352 e. The van der Waals surface area contributed by atoms with E-state index >= 15 is 0 Å². The van der Waals surface area contributed by atoms with Crippen LogP contribution in [0, 0.1) is 13.8 Å². The number of aryl methyl sites for hydroxylation is 2. The summed E-state index contributed by atoms with van der Waals surface area (Å²) in [4.78, 5) is 12.5. The van der Waals surface area contributed by atoms with Crippen LogP contribution in [0.3, 0.4) is 0 Å². The highest BCUT2D eigenvalue weighted by molar-refractivity contribution is 7.90. The molecular formula is C22H29NO3S. The third-order valence-corrected chi connectivity index (χ3v) is 5.91. The van der Waals surface area contributed by atoms with Gasteiger partial charge >= 0.3 is 0 Å². The summed E-state index contributed by atoms with van der Waals surface area (Å²) in [5.41, 5.74) is 5.23. The van der Waals surface area contributed by atoms with E-state index in [9.17, 15) is 13.2 Å². The van der Waals surface area contributed by atoms with Crippen molar-refractivity contribution < 1.29 is 13.2 Å². The number of carbonyl (C=O) groups is 1. The van der Waals surface area contributed by atoms with Crippen molar-refractivity contribution in [2.75, 3.05) is 12.8 Å². The molecule has 0 unspecified atom stereocenters. The van der Waals surface area contributed by atoms with Gasteiger partial charge in [-0.2, -0.15) is 0 Å². The normalized spacial score (nSPS) is 12.1. The second-order valence-electron chi connectivity index (χ2n) is 8.11. The summed E-state index contributed by atoms with van der Waals surface area (Å²) in [6, 6.07) is 10.7. The molecule has 0 spiro atoms. The van der Waals surface area contributed by atoms with Crippen LogP contribution in [0.15, 0.2) is 41.3 Å². The Kier molecular flexibility index (Phi) is 6.15. The zero-order valence-corrected chi connectivity index (χ0v) is 17.8. The molecule has 0 aliphatic heterocycles. The number of benzene rings is 2. The highest BCUT2D eigenvalue weighted by atomic mass is 32.2. The minimum absolute atomic E-state index is 0.0596. The Morgan fingerprint density at radius 2 is 1.59 bits per heavy atom. The van der Waals surface area contributed by atoms with Gasteiger partial charge in [-0.25, -0.2) is 8.42 Å². The number of rotatable bonds is 5. The lowest BCUT2D eigenvalue weighted by molar-refractivity contribution is 0.0951. The molecule has 0 atom stereocenters. The van der Waals surface area contributed by atoms with Crippen molar-refractivity contribution in [2.45, 2.75) is 51.3 Å². The van der Waals surface area contributed by atoms with Crippen LogP contribution >= 0.6 is 0 Å². The molecule has 2 rings (SSSR count). The fourth-order valence-corrected chi connectivity index (χ4v) is 4.08. The molecule has 1 N–H and O–H groups in total. The van der Waals surface area contributed by atoms with Crippen molar-refractivity contribution in [3.63, 3.8) is 0 Å². The standard InChI is InChI=1S/C22H29NO3S/c1-15-13-17(22(3,4)5)14-16(2)18(15)11-12-23-21(24)19-9-7-8-10-20(19)27(6,25)26/h7-10,13-14H,11-12H2,1-6H3,(H,23,24). The summed E-state index contributed by atoms with van der Waals surface area (Å²) in [5, 5.41) is 2.86. The number of amides is 1. The van der Waals surface area contributed by atoms with E-state index in [1.165, 1.54) is 28.3 Å². The third-order valence-electron chi connectivity index (χ3n) is 4.75. The molecule has 2 aromatic rings. The molecule has 0 aliphatic rings. The second kappa shape index (κ2) is 7.85. The van der Waals surface area contributed by atoms with Crippen LogP contribution in [0.5, 0.6) is 0 Å². The van der Waals surface area contributed by atoms with Gasteiger partial charge in [0.05, 0.1) is 10.5 Å². The summed E-state index contributed by atoms with van der Waals surface area (Å²) in [6.45, 7) is 11.2. The smallest absolute Gasteiger partial charge is 0.252 e. The molecule has 0 saturated heterocycles. The van der Waals surface area contributed by atoms with Gasteiger partial charge in [0.2, 0.25) is 0 Å². The fraction of sp³-hybridized carbons (Fsp3) is 0.409. The third kappa shape index (κ3) is 5.19. The van der Waals surface area contributed by atoms with Crippen molar-refractivity contribution in [1.82, 2.24) is 5.32 Å². The van der Waals surface area contributed by atoms with Gasteiger partial charge in [-0.15, -0.1) is 0 Å². The van der Waals surface area contributed by atoms with Crippen LogP contribution in [0.4, 0.5) is 0 Å². The predicted molar refractivity (Wildman–Crippen MR) is 110 cm³/mol. The monoisotopic (exact) mass is 387 g/mol. The number of carbonyl (C=O) groups excluding carboxylic acids is 1. The predicted octanol–water partition coefficient (Wildman–Crippen LogP) is 3.98. The van der Waals surface area contributed by atoms with Crippen molar-refractivity contribution in [1.29, 1.82) is 0 Å². The molecular weight excluding hydrogens is 358 g/mol. The van der Waals surface area contributed by atoms with Gasteiger partial charge < -0.3 is 5.32 Å². The van der Waals surface area contributed by atoms with Gasteiger partial charge in [-0.3, -0.25) is 4.79 Å². The quantitative estimate of drug-likeness (QED) is 0.844. The van der Waals surface area contributed by atoms with Gasteiger partial charge in [0.15, 0.2) is 9.84 Å². The number of hydrogen-bond donors (Lipinski definition) is 1. The first-order valence-electron chi connectivity index (χ1n) is 9.09. The lowest BCUT2D eigenvalue weighted by Gasteiger charge is -2.22. The molecule has 0 heterocycles. The van der Waals surface area contributed by atoms with Gasteiger partial charge in [0, 0.05) is 12.8 Å². The van der Waals surface area contributed by atoms with E-state index in [2.05, 4.69) is 52.1 Å². The van der Waals surface area contributed by atoms with E-state index in [1.807, 2.05) is 0 Å². The summed E-state index contributed by atoms with van der Waals surface area (Å²) in [7, 11) is -3.45. The van der Waals surface area contributed by atoms with Gasteiger partial charge in [-0.1, -0.05) is 45.0 Å². The highest BCUT2D eigenvalue weighted by Crippen LogP contribution is 2.27. The van der Waals surface area contributed by atoms with Crippen molar-refractivity contribution >= 4 is 15.7 Å². The Labute approximate surface area is 162 Å². The second-order valence-corrected chi connectivity index (χ2v) is 10.1. The zero-order valence-electron chi connectivity index (χ0n) is 17.0. The number of nitrogens with one attached hydrogen (secondary N) is 1. The van der Waals surface area contributed by atoms with Crippen LogP contribution in [0.2, 0.25) is 0 Å². The molecule has 0 aliphatic carbocycles. The first kappa shape index (κ1) is 21.2. The Morgan fingerprint density at radius 3 is 2.11 bits per heavy atom. The minimum atomic E-state index is -3.45. The van der Waals surface area contributed by atoms with Crippen LogP contribution in [-0.2, 0) is 21.7 Å².